The smallest absolute Gasteiger partial charge is 0.254 e. The first-order chi connectivity index (χ1) is 13.7. The number of para-hydroxylation sites is 1. The van der Waals surface area contributed by atoms with Crippen LogP contribution in [0.15, 0.2) is 42.5 Å². The van der Waals surface area contributed by atoms with Gasteiger partial charge in [0.2, 0.25) is 12.7 Å². The van der Waals surface area contributed by atoms with E-state index in [0.29, 0.717) is 36.7 Å². The van der Waals surface area contributed by atoms with Crippen LogP contribution in [0.5, 0.6) is 11.5 Å². The van der Waals surface area contributed by atoms with Gasteiger partial charge in [-0.25, -0.2) is 0 Å². The summed E-state index contributed by atoms with van der Waals surface area (Å²) in [5.74, 6) is 1.30. The molecular formula is C22H24N2O4. The van der Waals surface area contributed by atoms with Crippen LogP contribution >= 0.6 is 0 Å². The van der Waals surface area contributed by atoms with Crippen molar-refractivity contribution in [3.05, 3.63) is 59.2 Å². The van der Waals surface area contributed by atoms with Gasteiger partial charge in [0.1, 0.15) is 6.54 Å². The molecule has 2 aromatic rings. The van der Waals surface area contributed by atoms with E-state index in [1.165, 1.54) is 0 Å². The SMILES string of the molecule is CCCCN(Cc1cccc2c1OCO2)C(=O)CN1Cc2ccccc2C1=O. The highest BCUT2D eigenvalue weighted by molar-refractivity contribution is 6.00. The number of hydrogen-bond donors (Lipinski definition) is 0. The van der Waals surface area contributed by atoms with Crippen LogP contribution in [0, 0.1) is 0 Å². The lowest BCUT2D eigenvalue weighted by atomic mass is 10.1. The van der Waals surface area contributed by atoms with E-state index in [9.17, 15) is 9.59 Å². The van der Waals surface area contributed by atoms with Crippen molar-refractivity contribution in [3.8, 4) is 11.5 Å². The zero-order valence-corrected chi connectivity index (χ0v) is 16.0. The van der Waals surface area contributed by atoms with Crippen molar-refractivity contribution < 1.29 is 19.1 Å². The van der Waals surface area contributed by atoms with Crippen LogP contribution < -0.4 is 9.47 Å². The molecule has 0 atom stereocenters. The van der Waals surface area contributed by atoms with Crippen molar-refractivity contribution in [1.82, 2.24) is 9.80 Å². The normalized spacial score (nSPS) is 14.3. The van der Waals surface area contributed by atoms with E-state index >= 15 is 0 Å². The van der Waals surface area contributed by atoms with Crippen molar-refractivity contribution in [3.63, 3.8) is 0 Å². The zero-order chi connectivity index (χ0) is 19.5. The zero-order valence-electron chi connectivity index (χ0n) is 16.0. The molecule has 2 aliphatic heterocycles. The number of carbonyl (C=O) groups is 2. The average molecular weight is 380 g/mol. The molecule has 0 aromatic heterocycles. The Morgan fingerprint density at radius 2 is 2.00 bits per heavy atom. The Morgan fingerprint density at radius 3 is 2.82 bits per heavy atom. The molecule has 6 heteroatoms. The predicted octanol–water partition coefficient (Wildman–Crippen LogP) is 3.20. The fourth-order valence-electron chi connectivity index (χ4n) is 3.67. The molecule has 0 unspecified atom stereocenters. The number of nitrogens with zero attached hydrogens (tertiary/aromatic N) is 2. The van der Waals surface area contributed by atoms with Gasteiger partial charge >= 0.3 is 0 Å². The maximum Gasteiger partial charge on any atom is 0.254 e. The summed E-state index contributed by atoms with van der Waals surface area (Å²) in [6.45, 7) is 3.97. The number of amides is 2. The third-order valence-electron chi connectivity index (χ3n) is 5.20. The van der Waals surface area contributed by atoms with Gasteiger partial charge in [-0.3, -0.25) is 9.59 Å². The molecule has 28 heavy (non-hydrogen) atoms. The number of unbranched alkanes of at least 4 members (excludes halogenated alkanes) is 1. The van der Waals surface area contributed by atoms with E-state index < -0.39 is 0 Å². The summed E-state index contributed by atoms with van der Waals surface area (Å²) in [6, 6.07) is 13.3. The van der Waals surface area contributed by atoms with Crippen LogP contribution in [0.25, 0.3) is 0 Å². The number of carbonyl (C=O) groups excluding carboxylic acids is 2. The number of ether oxygens (including phenoxy) is 2. The maximum absolute atomic E-state index is 13.1. The lowest BCUT2D eigenvalue weighted by molar-refractivity contribution is -0.132. The quantitative estimate of drug-likeness (QED) is 0.740. The summed E-state index contributed by atoms with van der Waals surface area (Å²) in [5, 5.41) is 0. The van der Waals surface area contributed by atoms with Gasteiger partial charge in [0, 0.05) is 30.8 Å². The maximum atomic E-state index is 13.1. The third kappa shape index (κ3) is 3.54. The molecule has 2 aliphatic rings. The Kier molecular flexibility index (Phi) is 5.19. The molecule has 4 rings (SSSR count). The second-order valence-electron chi connectivity index (χ2n) is 7.14. The van der Waals surface area contributed by atoms with Gasteiger partial charge in [0.25, 0.3) is 5.91 Å². The van der Waals surface area contributed by atoms with Crippen molar-refractivity contribution in [2.45, 2.75) is 32.9 Å². The third-order valence-corrected chi connectivity index (χ3v) is 5.20. The molecule has 0 fully saturated rings. The molecule has 0 N–H and O–H groups in total. The van der Waals surface area contributed by atoms with Gasteiger partial charge in [-0.05, 0) is 24.1 Å². The van der Waals surface area contributed by atoms with Gasteiger partial charge < -0.3 is 19.3 Å². The average Bonchev–Trinajstić information content (AvgIpc) is 3.31. The largest absolute Gasteiger partial charge is 0.454 e. The standard InChI is InChI=1S/C22H24N2O4/c1-2-3-11-23(13-17-8-6-10-19-21(17)28-15-27-19)20(25)14-24-12-16-7-4-5-9-18(16)22(24)26/h4-10H,2-3,11-15H2,1H3. The summed E-state index contributed by atoms with van der Waals surface area (Å²) < 4.78 is 11.0. The van der Waals surface area contributed by atoms with E-state index in [2.05, 4.69) is 6.92 Å². The monoisotopic (exact) mass is 380 g/mol. The lowest BCUT2D eigenvalue weighted by Gasteiger charge is -2.26. The molecule has 0 bridgehead atoms. The van der Waals surface area contributed by atoms with Gasteiger partial charge in [-0.1, -0.05) is 43.7 Å². The molecule has 0 spiro atoms. The predicted molar refractivity (Wildman–Crippen MR) is 104 cm³/mol. The first kappa shape index (κ1) is 18.3. The number of hydrogen-bond acceptors (Lipinski definition) is 4. The van der Waals surface area contributed by atoms with Gasteiger partial charge in [-0.2, -0.15) is 0 Å². The Hall–Kier alpha value is -3.02. The fraction of sp³-hybridized carbons (Fsp3) is 0.364. The summed E-state index contributed by atoms with van der Waals surface area (Å²) in [7, 11) is 0. The number of fused-ring (bicyclic) bond motifs is 2. The van der Waals surface area contributed by atoms with Crippen LogP contribution in [0.4, 0.5) is 0 Å². The van der Waals surface area contributed by atoms with Crippen LogP contribution in [0.2, 0.25) is 0 Å². The van der Waals surface area contributed by atoms with Crippen molar-refractivity contribution >= 4 is 11.8 Å². The van der Waals surface area contributed by atoms with Crippen LogP contribution in [0.3, 0.4) is 0 Å². The number of rotatable bonds is 7. The minimum Gasteiger partial charge on any atom is -0.454 e. The van der Waals surface area contributed by atoms with Gasteiger partial charge in [0.15, 0.2) is 11.5 Å². The molecule has 0 saturated heterocycles. The van der Waals surface area contributed by atoms with Crippen molar-refractivity contribution in [1.29, 1.82) is 0 Å². The molecule has 2 aromatic carbocycles. The lowest BCUT2D eigenvalue weighted by Crippen LogP contribution is -2.40. The molecule has 2 amide bonds. The summed E-state index contributed by atoms with van der Waals surface area (Å²) in [5.41, 5.74) is 2.60. The molecule has 0 aliphatic carbocycles. The molecule has 6 nitrogen and oxygen atoms in total. The Balaban J connectivity index is 1.48. The molecule has 146 valence electrons. The molecule has 0 radical (unpaired) electrons. The highest BCUT2D eigenvalue weighted by Crippen LogP contribution is 2.36. The Morgan fingerprint density at radius 1 is 1.14 bits per heavy atom. The fourth-order valence-corrected chi connectivity index (χ4v) is 3.67. The Bertz CT molecular complexity index is 896. The van der Waals surface area contributed by atoms with E-state index in [4.69, 9.17) is 9.47 Å². The van der Waals surface area contributed by atoms with Crippen LogP contribution in [0.1, 0.15) is 41.3 Å². The van der Waals surface area contributed by atoms with Gasteiger partial charge in [0.05, 0.1) is 0 Å². The number of benzene rings is 2. The summed E-state index contributed by atoms with van der Waals surface area (Å²) in [4.78, 5) is 29.1. The topological polar surface area (TPSA) is 59.1 Å². The summed E-state index contributed by atoms with van der Waals surface area (Å²) in [6.07, 6.45) is 1.90. The van der Waals surface area contributed by atoms with E-state index in [1.54, 1.807) is 4.90 Å². The van der Waals surface area contributed by atoms with Crippen molar-refractivity contribution in [2.75, 3.05) is 19.9 Å². The van der Waals surface area contributed by atoms with Crippen molar-refractivity contribution in [2.24, 2.45) is 0 Å². The summed E-state index contributed by atoms with van der Waals surface area (Å²) >= 11 is 0. The molecule has 2 heterocycles. The first-order valence-electron chi connectivity index (χ1n) is 9.70. The highest BCUT2D eigenvalue weighted by atomic mass is 16.7. The molecule has 0 saturated carbocycles. The Labute approximate surface area is 164 Å². The van der Waals surface area contributed by atoms with E-state index in [1.807, 2.05) is 47.4 Å². The van der Waals surface area contributed by atoms with Crippen LogP contribution in [-0.4, -0.2) is 41.5 Å². The molecular weight excluding hydrogens is 356 g/mol. The van der Waals surface area contributed by atoms with E-state index in [0.717, 1.165) is 24.0 Å². The highest BCUT2D eigenvalue weighted by Gasteiger charge is 2.30. The first-order valence-corrected chi connectivity index (χ1v) is 9.70. The minimum atomic E-state index is -0.0725. The van der Waals surface area contributed by atoms with Gasteiger partial charge in [-0.15, -0.1) is 0 Å². The minimum absolute atomic E-state index is 0.0499. The van der Waals surface area contributed by atoms with Crippen LogP contribution in [-0.2, 0) is 17.9 Å². The van der Waals surface area contributed by atoms with E-state index in [-0.39, 0.29) is 25.2 Å². The second kappa shape index (κ2) is 7.92. The second-order valence-corrected chi connectivity index (χ2v) is 7.14.